The van der Waals surface area contributed by atoms with Gasteiger partial charge < -0.3 is 14.6 Å². The lowest BCUT2D eigenvalue weighted by Gasteiger charge is -2.20. The molecular formula is C32H26F4N2O4. The highest BCUT2D eigenvalue weighted by atomic mass is 19.4. The molecule has 6 nitrogen and oxygen atoms in total. The second-order valence-corrected chi connectivity index (χ2v) is 10.6. The number of nitrogens with zero attached hydrogens (tertiary/aromatic N) is 2. The molecule has 2 aliphatic rings. The van der Waals surface area contributed by atoms with Gasteiger partial charge in [-0.3, -0.25) is 4.79 Å². The lowest BCUT2D eigenvalue weighted by Crippen LogP contribution is -2.12. The Bertz CT molecular complexity index is 1620. The molecule has 0 spiro atoms. The number of ether oxygens (including phenoxy) is 2. The summed E-state index contributed by atoms with van der Waals surface area (Å²) in [5.41, 5.74) is 2.51. The van der Waals surface area contributed by atoms with Gasteiger partial charge in [-0.1, -0.05) is 30.3 Å². The van der Waals surface area contributed by atoms with Crippen LogP contribution >= 0.6 is 0 Å². The van der Waals surface area contributed by atoms with Crippen LogP contribution in [0.3, 0.4) is 0 Å². The van der Waals surface area contributed by atoms with Gasteiger partial charge in [-0.15, -0.1) is 0 Å². The van der Waals surface area contributed by atoms with Crippen LogP contribution in [0.4, 0.5) is 17.6 Å². The lowest BCUT2D eigenvalue weighted by atomic mass is 9.88. The standard InChI is InChI=1S/C32H26F4N2O4/c33-27-15-26(32(34,35)36)30(19-3-1-18(2-4-19)21-9-11-37-38-16-21)25-7-5-20(31(25)27)10-12-41-23-6-8-24-22(13-29(39)40)17-42-28(24)14-23/h1-4,6,8-9,11,14-16,20,22H,5,7,10,12-13,17H2,(H,39,40)/t20-,22+/m0/s1. The summed E-state index contributed by atoms with van der Waals surface area (Å²) in [6, 6.07) is 14.3. The van der Waals surface area contributed by atoms with E-state index in [2.05, 4.69) is 10.2 Å². The van der Waals surface area contributed by atoms with Crippen molar-refractivity contribution in [3.63, 3.8) is 0 Å². The van der Waals surface area contributed by atoms with E-state index >= 15 is 4.39 Å². The molecule has 0 saturated heterocycles. The van der Waals surface area contributed by atoms with Crippen molar-refractivity contribution in [2.75, 3.05) is 13.2 Å². The van der Waals surface area contributed by atoms with E-state index in [9.17, 15) is 18.0 Å². The van der Waals surface area contributed by atoms with Gasteiger partial charge in [0.15, 0.2) is 0 Å². The number of carboxylic acid groups (broad SMARTS) is 1. The van der Waals surface area contributed by atoms with Crippen molar-refractivity contribution in [3.05, 3.63) is 95.1 Å². The molecule has 0 amide bonds. The fourth-order valence-corrected chi connectivity index (χ4v) is 6.06. The monoisotopic (exact) mass is 578 g/mol. The Morgan fingerprint density at radius 3 is 2.50 bits per heavy atom. The molecule has 3 aromatic carbocycles. The van der Waals surface area contributed by atoms with Gasteiger partial charge in [0.1, 0.15) is 17.3 Å². The maximum atomic E-state index is 15.3. The molecule has 6 rings (SSSR count). The van der Waals surface area contributed by atoms with E-state index in [1.54, 1.807) is 54.7 Å². The molecular weight excluding hydrogens is 552 g/mol. The molecule has 216 valence electrons. The zero-order chi connectivity index (χ0) is 29.4. The normalized spacial score (nSPS) is 17.4. The molecule has 2 heterocycles. The number of fused-ring (bicyclic) bond motifs is 2. The number of hydrogen-bond acceptors (Lipinski definition) is 5. The number of carboxylic acids is 1. The molecule has 1 N–H and O–H groups in total. The fraction of sp³-hybridized carbons (Fsp3) is 0.281. The molecule has 1 aromatic heterocycles. The van der Waals surface area contributed by atoms with Crippen molar-refractivity contribution < 1.29 is 36.9 Å². The van der Waals surface area contributed by atoms with Crippen LogP contribution in [0.15, 0.2) is 67.0 Å². The molecule has 4 aromatic rings. The zero-order valence-electron chi connectivity index (χ0n) is 22.3. The fourth-order valence-electron chi connectivity index (χ4n) is 6.06. The number of benzene rings is 3. The molecule has 10 heteroatoms. The number of hydrogen-bond donors (Lipinski definition) is 1. The number of alkyl halides is 3. The molecule has 0 saturated carbocycles. The SMILES string of the molecule is O=C(O)C[C@@H]1COc2cc(OCC[C@@H]3CCc4c(-c5ccc(-c6ccnnc6)cc5)c(C(F)(F)F)cc(F)c43)ccc21. The minimum atomic E-state index is -4.72. The Balaban J connectivity index is 1.23. The summed E-state index contributed by atoms with van der Waals surface area (Å²) in [6.07, 6.45) is -0.383. The smallest absolute Gasteiger partial charge is 0.417 e. The molecule has 0 fully saturated rings. The van der Waals surface area contributed by atoms with Gasteiger partial charge in [0, 0.05) is 23.1 Å². The molecule has 0 bridgehead atoms. The minimum Gasteiger partial charge on any atom is -0.493 e. The Morgan fingerprint density at radius 2 is 1.79 bits per heavy atom. The topological polar surface area (TPSA) is 81.5 Å². The van der Waals surface area contributed by atoms with E-state index < -0.39 is 23.5 Å². The summed E-state index contributed by atoms with van der Waals surface area (Å²) >= 11 is 0. The van der Waals surface area contributed by atoms with E-state index in [-0.39, 0.29) is 37.0 Å². The largest absolute Gasteiger partial charge is 0.493 e. The van der Waals surface area contributed by atoms with Crippen LogP contribution in [-0.2, 0) is 17.4 Å². The van der Waals surface area contributed by atoms with Gasteiger partial charge >= 0.3 is 12.1 Å². The Hall–Kier alpha value is -4.47. The first kappa shape index (κ1) is 27.7. The summed E-state index contributed by atoms with van der Waals surface area (Å²) in [5.74, 6) is -1.16. The van der Waals surface area contributed by atoms with Gasteiger partial charge in [-0.05, 0) is 71.2 Å². The average Bonchev–Trinajstić information content (AvgIpc) is 3.57. The number of carbonyl (C=O) groups is 1. The maximum Gasteiger partial charge on any atom is 0.417 e. The van der Waals surface area contributed by atoms with Gasteiger partial charge in [0.25, 0.3) is 0 Å². The van der Waals surface area contributed by atoms with Crippen molar-refractivity contribution in [1.82, 2.24) is 10.2 Å². The minimum absolute atomic E-state index is 0.0217. The Labute approximate surface area is 238 Å². The molecule has 0 unspecified atom stereocenters. The van der Waals surface area contributed by atoms with Gasteiger partial charge in [-0.25, -0.2) is 4.39 Å². The van der Waals surface area contributed by atoms with E-state index in [4.69, 9.17) is 14.6 Å². The Morgan fingerprint density at radius 1 is 1.00 bits per heavy atom. The van der Waals surface area contributed by atoms with Crippen LogP contribution in [-0.4, -0.2) is 34.5 Å². The number of halogens is 4. The van der Waals surface area contributed by atoms with Crippen LogP contribution < -0.4 is 9.47 Å². The summed E-state index contributed by atoms with van der Waals surface area (Å²) in [6.45, 7) is 0.515. The van der Waals surface area contributed by atoms with E-state index in [0.29, 0.717) is 53.5 Å². The summed E-state index contributed by atoms with van der Waals surface area (Å²) < 4.78 is 69.3. The van der Waals surface area contributed by atoms with Crippen LogP contribution in [0.25, 0.3) is 22.3 Å². The quantitative estimate of drug-likeness (QED) is 0.219. The van der Waals surface area contributed by atoms with E-state index in [1.165, 1.54) is 6.20 Å². The molecule has 42 heavy (non-hydrogen) atoms. The highest BCUT2D eigenvalue weighted by molar-refractivity contribution is 5.77. The maximum absolute atomic E-state index is 15.3. The van der Waals surface area contributed by atoms with E-state index in [1.807, 2.05) is 0 Å². The summed E-state index contributed by atoms with van der Waals surface area (Å²) in [5, 5.41) is 16.7. The van der Waals surface area contributed by atoms with Gasteiger partial charge in [0.2, 0.25) is 0 Å². The van der Waals surface area contributed by atoms with Crippen molar-refractivity contribution >= 4 is 5.97 Å². The summed E-state index contributed by atoms with van der Waals surface area (Å²) in [4.78, 5) is 11.1. The second-order valence-electron chi connectivity index (χ2n) is 10.6. The number of aliphatic carboxylic acids is 1. The summed E-state index contributed by atoms with van der Waals surface area (Å²) in [7, 11) is 0. The number of aromatic nitrogens is 2. The van der Waals surface area contributed by atoms with Gasteiger partial charge in [-0.2, -0.15) is 23.4 Å². The van der Waals surface area contributed by atoms with E-state index in [0.717, 1.165) is 16.7 Å². The molecule has 2 atom stereocenters. The van der Waals surface area contributed by atoms with Crippen molar-refractivity contribution in [2.24, 2.45) is 0 Å². The van der Waals surface area contributed by atoms with Crippen LogP contribution in [0.5, 0.6) is 11.5 Å². The highest BCUT2D eigenvalue weighted by Gasteiger charge is 2.39. The third-order valence-corrected chi connectivity index (χ3v) is 7.99. The number of rotatable bonds is 8. The van der Waals surface area contributed by atoms with Crippen molar-refractivity contribution in [2.45, 2.75) is 43.7 Å². The second kappa shape index (κ2) is 11.1. The van der Waals surface area contributed by atoms with Crippen LogP contribution in [0, 0.1) is 5.82 Å². The molecule has 1 aliphatic carbocycles. The van der Waals surface area contributed by atoms with Crippen molar-refractivity contribution in [1.29, 1.82) is 0 Å². The highest BCUT2D eigenvalue weighted by Crippen LogP contribution is 2.48. The van der Waals surface area contributed by atoms with Crippen LogP contribution in [0.2, 0.25) is 0 Å². The zero-order valence-corrected chi connectivity index (χ0v) is 22.3. The first-order chi connectivity index (χ1) is 20.2. The third kappa shape index (κ3) is 5.41. The van der Waals surface area contributed by atoms with Crippen molar-refractivity contribution in [3.8, 4) is 33.8 Å². The Kier molecular flexibility index (Phi) is 7.30. The predicted octanol–water partition coefficient (Wildman–Crippen LogP) is 7.42. The lowest BCUT2D eigenvalue weighted by molar-refractivity contribution is -0.138. The average molecular weight is 579 g/mol. The molecule has 0 radical (unpaired) electrons. The molecule has 1 aliphatic heterocycles. The van der Waals surface area contributed by atoms with Gasteiger partial charge in [0.05, 0.1) is 37.6 Å². The van der Waals surface area contributed by atoms with Crippen LogP contribution in [0.1, 0.15) is 53.4 Å². The third-order valence-electron chi connectivity index (χ3n) is 7.99. The first-order valence-electron chi connectivity index (χ1n) is 13.6. The predicted molar refractivity (Wildman–Crippen MR) is 146 cm³/mol. The first-order valence-corrected chi connectivity index (χ1v) is 13.6.